The minimum Gasteiger partial charge on any atom is -0.455 e. The molecule has 0 amide bonds. The van der Waals surface area contributed by atoms with E-state index in [1.54, 1.807) is 39.4 Å². The second kappa shape index (κ2) is 5.27. The standard InChI is InChI=1S/C15H18FN3O2/c1-9-12(11-8-10(16)6-7-17-11)13(18-19(9)5)14(20)21-15(2,3)4/h6-8H,1-5H3. The molecule has 0 aliphatic heterocycles. The smallest absolute Gasteiger partial charge is 0.360 e. The zero-order valence-electron chi connectivity index (χ0n) is 12.8. The van der Waals surface area contributed by atoms with E-state index in [2.05, 4.69) is 10.1 Å². The summed E-state index contributed by atoms with van der Waals surface area (Å²) in [5, 5.41) is 4.18. The van der Waals surface area contributed by atoms with Gasteiger partial charge in [-0.1, -0.05) is 0 Å². The Hall–Kier alpha value is -2.24. The number of esters is 1. The first-order chi connectivity index (χ1) is 9.69. The Bertz CT molecular complexity index is 687. The summed E-state index contributed by atoms with van der Waals surface area (Å²) in [6.45, 7) is 7.13. The van der Waals surface area contributed by atoms with Gasteiger partial charge in [0.1, 0.15) is 11.4 Å². The zero-order chi connectivity index (χ0) is 15.8. The van der Waals surface area contributed by atoms with E-state index in [0.717, 1.165) is 0 Å². The van der Waals surface area contributed by atoms with Crippen LogP contribution in [0.15, 0.2) is 18.3 Å². The molecule has 0 radical (unpaired) electrons. The van der Waals surface area contributed by atoms with Crippen LogP contribution in [0, 0.1) is 12.7 Å². The van der Waals surface area contributed by atoms with Gasteiger partial charge >= 0.3 is 5.97 Å². The van der Waals surface area contributed by atoms with E-state index in [9.17, 15) is 9.18 Å². The molecule has 0 bridgehead atoms. The predicted molar refractivity (Wildman–Crippen MR) is 76.3 cm³/mol. The van der Waals surface area contributed by atoms with E-state index in [1.165, 1.54) is 18.3 Å². The monoisotopic (exact) mass is 291 g/mol. The highest BCUT2D eigenvalue weighted by Gasteiger charge is 2.26. The van der Waals surface area contributed by atoms with Crippen LogP contribution in [0.1, 0.15) is 37.0 Å². The lowest BCUT2D eigenvalue weighted by atomic mass is 10.1. The molecular weight excluding hydrogens is 273 g/mol. The summed E-state index contributed by atoms with van der Waals surface area (Å²) < 4.78 is 20.3. The van der Waals surface area contributed by atoms with Gasteiger partial charge in [0.15, 0.2) is 5.69 Å². The normalized spacial score (nSPS) is 11.5. The first-order valence-corrected chi connectivity index (χ1v) is 6.58. The molecule has 0 saturated heterocycles. The first-order valence-electron chi connectivity index (χ1n) is 6.58. The highest BCUT2D eigenvalue weighted by molar-refractivity contribution is 5.95. The molecule has 0 saturated carbocycles. The Morgan fingerprint density at radius 3 is 2.62 bits per heavy atom. The van der Waals surface area contributed by atoms with Gasteiger partial charge in [0.2, 0.25) is 0 Å². The number of carbonyl (C=O) groups excluding carboxylic acids is 1. The predicted octanol–water partition coefficient (Wildman–Crippen LogP) is 2.88. The Morgan fingerprint density at radius 2 is 2.05 bits per heavy atom. The number of rotatable bonds is 2. The summed E-state index contributed by atoms with van der Waals surface area (Å²) in [5.74, 6) is -0.967. The number of aromatic nitrogens is 3. The van der Waals surface area contributed by atoms with Crippen molar-refractivity contribution in [3.05, 3.63) is 35.5 Å². The molecule has 112 valence electrons. The molecule has 0 unspecified atom stereocenters. The van der Waals surface area contributed by atoms with Crippen LogP contribution in [0.3, 0.4) is 0 Å². The summed E-state index contributed by atoms with van der Waals surface area (Å²) in [6, 6.07) is 2.53. The highest BCUT2D eigenvalue weighted by Crippen LogP contribution is 2.27. The van der Waals surface area contributed by atoms with E-state index in [-0.39, 0.29) is 5.69 Å². The molecule has 0 aromatic carbocycles. The summed E-state index contributed by atoms with van der Waals surface area (Å²) in [7, 11) is 1.71. The van der Waals surface area contributed by atoms with Crippen LogP contribution in [0.4, 0.5) is 4.39 Å². The molecule has 2 heterocycles. The molecule has 6 heteroatoms. The van der Waals surface area contributed by atoms with E-state index in [0.29, 0.717) is 17.0 Å². The van der Waals surface area contributed by atoms with Gasteiger partial charge in [-0.05, 0) is 33.8 Å². The van der Waals surface area contributed by atoms with Gasteiger partial charge in [0.05, 0.1) is 11.3 Å². The molecule has 0 aliphatic carbocycles. The van der Waals surface area contributed by atoms with Crippen molar-refractivity contribution < 1.29 is 13.9 Å². The molecule has 0 atom stereocenters. The van der Waals surface area contributed by atoms with Crippen molar-refractivity contribution in [1.82, 2.24) is 14.8 Å². The molecule has 0 fully saturated rings. The van der Waals surface area contributed by atoms with E-state index in [4.69, 9.17) is 4.74 Å². The van der Waals surface area contributed by atoms with Crippen molar-refractivity contribution in [3.63, 3.8) is 0 Å². The Labute approximate surface area is 122 Å². The number of ether oxygens (including phenoxy) is 1. The minimum absolute atomic E-state index is 0.142. The molecule has 2 aromatic rings. The Morgan fingerprint density at radius 1 is 1.38 bits per heavy atom. The highest BCUT2D eigenvalue weighted by atomic mass is 19.1. The number of carbonyl (C=O) groups is 1. The Kier molecular flexibility index (Phi) is 3.80. The van der Waals surface area contributed by atoms with E-state index < -0.39 is 17.4 Å². The van der Waals surface area contributed by atoms with Gasteiger partial charge < -0.3 is 4.74 Å². The summed E-state index contributed by atoms with van der Waals surface area (Å²) in [4.78, 5) is 16.4. The van der Waals surface area contributed by atoms with Crippen LogP contribution >= 0.6 is 0 Å². The van der Waals surface area contributed by atoms with Crippen molar-refractivity contribution in [2.75, 3.05) is 0 Å². The second-order valence-electron chi connectivity index (χ2n) is 5.79. The SMILES string of the molecule is Cc1c(-c2cc(F)ccn2)c(C(=O)OC(C)(C)C)nn1C. The molecule has 2 rings (SSSR count). The van der Waals surface area contributed by atoms with Gasteiger partial charge in [-0.15, -0.1) is 0 Å². The third-order valence-electron chi connectivity index (χ3n) is 2.90. The van der Waals surface area contributed by atoms with Crippen LogP contribution < -0.4 is 0 Å². The van der Waals surface area contributed by atoms with Crippen molar-refractivity contribution >= 4 is 5.97 Å². The van der Waals surface area contributed by atoms with Crippen LogP contribution in [0.25, 0.3) is 11.3 Å². The lowest BCUT2D eigenvalue weighted by molar-refractivity contribution is 0.00629. The van der Waals surface area contributed by atoms with E-state index >= 15 is 0 Å². The van der Waals surface area contributed by atoms with Crippen molar-refractivity contribution in [2.24, 2.45) is 7.05 Å². The number of hydrogen-bond donors (Lipinski definition) is 0. The van der Waals surface area contributed by atoms with Gasteiger partial charge in [0, 0.05) is 25.0 Å². The largest absolute Gasteiger partial charge is 0.455 e. The van der Waals surface area contributed by atoms with Gasteiger partial charge in [0.25, 0.3) is 0 Å². The summed E-state index contributed by atoms with van der Waals surface area (Å²) >= 11 is 0. The first kappa shape index (κ1) is 15.2. The molecule has 5 nitrogen and oxygen atoms in total. The molecule has 0 N–H and O–H groups in total. The fourth-order valence-electron chi connectivity index (χ4n) is 1.93. The van der Waals surface area contributed by atoms with Gasteiger partial charge in [-0.25, -0.2) is 9.18 Å². The third-order valence-corrected chi connectivity index (χ3v) is 2.90. The second-order valence-corrected chi connectivity index (χ2v) is 5.79. The minimum atomic E-state index is -0.630. The van der Waals surface area contributed by atoms with Crippen molar-refractivity contribution in [1.29, 1.82) is 0 Å². The van der Waals surface area contributed by atoms with Crippen LogP contribution in [0.5, 0.6) is 0 Å². The fourth-order valence-corrected chi connectivity index (χ4v) is 1.93. The summed E-state index contributed by atoms with van der Waals surface area (Å²) in [6.07, 6.45) is 1.36. The van der Waals surface area contributed by atoms with E-state index in [1.807, 2.05) is 0 Å². The molecular formula is C15H18FN3O2. The van der Waals surface area contributed by atoms with Crippen molar-refractivity contribution in [3.8, 4) is 11.3 Å². The molecule has 2 aromatic heterocycles. The maximum Gasteiger partial charge on any atom is 0.360 e. The molecule has 21 heavy (non-hydrogen) atoms. The zero-order valence-corrected chi connectivity index (χ0v) is 12.8. The number of pyridine rings is 1. The maximum atomic E-state index is 13.4. The van der Waals surface area contributed by atoms with Crippen molar-refractivity contribution in [2.45, 2.75) is 33.3 Å². The maximum absolute atomic E-state index is 13.4. The average Bonchev–Trinajstić information content (AvgIpc) is 2.64. The molecule has 0 aliphatic rings. The third kappa shape index (κ3) is 3.26. The molecule has 0 spiro atoms. The van der Waals surface area contributed by atoms with Gasteiger partial charge in [-0.3, -0.25) is 9.67 Å². The fraction of sp³-hybridized carbons (Fsp3) is 0.400. The average molecular weight is 291 g/mol. The number of nitrogens with zero attached hydrogens (tertiary/aromatic N) is 3. The topological polar surface area (TPSA) is 57.0 Å². The van der Waals surface area contributed by atoms with Crippen LogP contribution in [-0.2, 0) is 11.8 Å². The van der Waals surface area contributed by atoms with Crippen LogP contribution in [0.2, 0.25) is 0 Å². The Balaban J connectivity index is 2.54. The van der Waals surface area contributed by atoms with Crippen LogP contribution in [-0.4, -0.2) is 26.3 Å². The summed E-state index contributed by atoms with van der Waals surface area (Å²) in [5.41, 5.74) is 1.08. The van der Waals surface area contributed by atoms with Gasteiger partial charge in [-0.2, -0.15) is 5.10 Å². The number of aryl methyl sites for hydroxylation is 1. The lowest BCUT2D eigenvalue weighted by Crippen LogP contribution is -2.24. The lowest BCUT2D eigenvalue weighted by Gasteiger charge is -2.19. The number of halogens is 1. The quantitative estimate of drug-likeness (QED) is 0.798. The number of hydrogen-bond acceptors (Lipinski definition) is 4.